The van der Waals surface area contributed by atoms with Crippen LogP contribution in [0.4, 0.5) is 0 Å². The Bertz CT molecular complexity index is 1260. The second kappa shape index (κ2) is 13.6. The van der Waals surface area contributed by atoms with Gasteiger partial charge >= 0.3 is 5.97 Å². The van der Waals surface area contributed by atoms with Gasteiger partial charge in [-0.3, -0.25) is 14.4 Å². The molecule has 13 nitrogen and oxygen atoms in total. The molecule has 0 aliphatic carbocycles. The van der Waals surface area contributed by atoms with Crippen molar-refractivity contribution in [1.29, 1.82) is 0 Å². The number of H-pyrrole nitrogens is 1. The number of carboxylic acid groups (broad SMARTS) is 1. The molecule has 3 amide bonds. The first kappa shape index (κ1) is 28.7. The van der Waals surface area contributed by atoms with Crippen molar-refractivity contribution in [2.75, 3.05) is 6.54 Å². The number of nitrogens with zero attached hydrogens (tertiary/aromatic N) is 1. The van der Waals surface area contributed by atoms with Crippen LogP contribution in [0.5, 0.6) is 11.5 Å². The molecule has 0 fully saturated rings. The number of phenols is 2. The second-order valence-corrected chi connectivity index (χ2v) is 8.87. The molecule has 13 heteroatoms. The minimum absolute atomic E-state index is 0.0164. The number of imidazole rings is 1. The van der Waals surface area contributed by atoms with E-state index in [2.05, 4.69) is 25.9 Å². The first-order valence-corrected chi connectivity index (χ1v) is 12.0. The molecular weight excluding hydrogens is 508 g/mol. The van der Waals surface area contributed by atoms with Crippen molar-refractivity contribution < 1.29 is 34.5 Å². The fraction of sp³-hybridized carbons (Fsp3) is 0.269. The number of aliphatic carboxylic acids is 1. The van der Waals surface area contributed by atoms with Crippen LogP contribution in [0.25, 0.3) is 0 Å². The largest absolute Gasteiger partial charge is 0.508 e. The number of phenolic OH excluding ortho intramolecular Hbond substituents is 2. The summed E-state index contributed by atoms with van der Waals surface area (Å²) in [7, 11) is 0. The average molecular weight is 539 g/mol. The lowest BCUT2D eigenvalue weighted by atomic mass is 10.0. The van der Waals surface area contributed by atoms with Crippen LogP contribution in [0.2, 0.25) is 0 Å². The third-order valence-corrected chi connectivity index (χ3v) is 5.77. The van der Waals surface area contributed by atoms with E-state index in [0.29, 0.717) is 11.3 Å². The van der Waals surface area contributed by atoms with Gasteiger partial charge in [0, 0.05) is 24.7 Å². The smallest absolute Gasteiger partial charge is 0.326 e. The summed E-state index contributed by atoms with van der Waals surface area (Å²) in [5.41, 5.74) is 7.72. The van der Waals surface area contributed by atoms with Gasteiger partial charge in [-0.1, -0.05) is 24.3 Å². The summed E-state index contributed by atoms with van der Waals surface area (Å²) in [4.78, 5) is 56.6. The zero-order chi connectivity index (χ0) is 28.4. The predicted molar refractivity (Wildman–Crippen MR) is 138 cm³/mol. The number of carbonyl (C=O) groups excluding carboxylic acids is 3. The van der Waals surface area contributed by atoms with Crippen molar-refractivity contribution in [3.8, 4) is 11.5 Å². The molecule has 0 saturated carbocycles. The highest BCUT2D eigenvalue weighted by molar-refractivity contribution is 5.92. The van der Waals surface area contributed by atoms with Crippen LogP contribution in [0.3, 0.4) is 0 Å². The van der Waals surface area contributed by atoms with Crippen molar-refractivity contribution in [3.05, 3.63) is 77.9 Å². The van der Waals surface area contributed by atoms with Crippen LogP contribution in [0.1, 0.15) is 16.8 Å². The van der Waals surface area contributed by atoms with Gasteiger partial charge in [0.15, 0.2) is 0 Å². The van der Waals surface area contributed by atoms with Crippen molar-refractivity contribution in [2.24, 2.45) is 5.73 Å². The molecule has 0 aliphatic rings. The number of hydrogen-bond donors (Lipinski definition) is 8. The Morgan fingerprint density at radius 2 is 1.41 bits per heavy atom. The van der Waals surface area contributed by atoms with Crippen LogP contribution >= 0.6 is 0 Å². The summed E-state index contributed by atoms with van der Waals surface area (Å²) in [5, 5.41) is 35.8. The molecule has 3 rings (SSSR count). The number of nitrogens with one attached hydrogen (secondary N) is 4. The molecule has 39 heavy (non-hydrogen) atoms. The Morgan fingerprint density at radius 1 is 0.821 bits per heavy atom. The number of carbonyl (C=O) groups is 4. The molecule has 3 atom stereocenters. The third kappa shape index (κ3) is 9.16. The Balaban J connectivity index is 1.59. The standard InChI is InChI=1S/C26H30N6O7/c27-20(9-15-1-5-18(33)6-2-15)24(36)29-13-23(35)31-21(11-17-12-28-14-30-17)25(37)32-22(26(38)39)10-16-3-7-19(34)8-4-16/h1-8,12,14,20-22,33-34H,9-11,13,27H2,(H,28,30)(H,29,36)(H,31,35)(H,32,37)(H,38,39). The van der Waals surface area contributed by atoms with Crippen LogP contribution in [-0.4, -0.2) is 73.6 Å². The van der Waals surface area contributed by atoms with E-state index in [1.54, 1.807) is 12.1 Å². The maximum atomic E-state index is 13.0. The van der Waals surface area contributed by atoms with Crippen LogP contribution in [0, 0.1) is 0 Å². The quantitative estimate of drug-likeness (QED) is 0.138. The topological polar surface area (TPSA) is 220 Å². The molecule has 9 N–H and O–H groups in total. The first-order chi connectivity index (χ1) is 18.6. The minimum Gasteiger partial charge on any atom is -0.508 e. The number of aromatic hydroxyl groups is 2. The van der Waals surface area contributed by atoms with E-state index in [1.165, 1.54) is 48.9 Å². The summed E-state index contributed by atoms with van der Waals surface area (Å²) in [6.07, 6.45) is 2.96. The number of hydrogen-bond acceptors (Lipinski definition) is 8. The number of amides is 3. The van der Waals surface area contributed by atoms with E-state index in [-0.39, 0.29) is 30.8 Å². The molecule has 0 radical (unpaired) electrons. The summed E-state index contributed by atoms with van der Waals surface area (Å²) >= 11 is 0. The number of benzene rings is 2. The van der Waals surface area contributed by atoms with Crippen molar-refractivity contribution >= 4 is 23.7 Å². The maximum Gasteiger partial charge on any atom is 0.326 e. The van der Waals surface area contributed by atoms with E-state index < -0.39 is 48.4 Å². The number of aromatic amines is 1. The Labute approximate surface area is 223 Å². The van der Waals surface area contributed by atoms with E-state index >= 15 is 0 Å². The maximum absolute atomic E-state index is 13.0. The van der Waals surface area contributed by atoms with Gasteiger partial charge in [-0.25, -0.2) is 9.78 Å². The average Bonchev–Trinajstić information content (AvgIpc) is 3.42. The van der Waals surface area contributed by atoms with Gasteiger partial charge in [-0.15, -0.1) is 0 Å². The molecule has 3 aromatic rings. The van der Waals surface area contributed by atoms with Crippen LogP contribution in [0.15, 0.2) is 61.1 Å². The zero-order valence-corrected chi connectivity index (χ0v) is 20.8. The van der Waals surface area contributed by atoms with Crippen molar-refractivity contribution in [2.45, 2.75) is 37.4 Å². The number of carboxylic acids is 1. The molecule has 1 heterocycles. The number of aromatic nitrogens is 2. The van der Waals surface area contributed by atoms with Crippen molar-refractivity contribution in [3.63, 3.8) is 0 Å². The van der Waals surface area contributed by atoms with Crippen LogP contribution in [-0.2, 0) is 38.4 Å². The molecule has 0 spiro atoms. The second-order valence-electron chi connectivity index (χ2n) is 8.87. The Morgan fingerprint density at radius 3 is 1.95 bits per heavy atom. The van der Waals surface area contributed by atoms with Gasteiger partial charge in [-0.2, -0.15) is 0 Å². The van der Waals surface area contributed by atoms with E-state index in [9.17, 15) is 34.5 Å². The fourth-order valence-electron chi connectivity index (χ4n) is 3.69. The summed E-state index contributed by atoms with van der Waals surface area (Å²) in [6.45, 7) is -0.468. The first-order valence-electron chi connectivity index (χ1n) is 12.0. The lowest BCUT2D eigenvalue weighted by Gasteiger charge is -2.21. The van der Waals surface area contributed by atoms with Crippen molar-refractivity contribution in [1.82, 2.24) is 25.9 Å². The number of rotatable bonds is 13. The summed E-state index contributed by atoms with van der Waals surface area (Å²) in [6, 6.07) is 8.64. The molecule has 3 unspecified atom stereocenters. The Hall–Kier alpha value is -4.91. The highest BCUT2D eigenvalue weighted by atomic mass is 16.4. The van der Waals surface area contributed by atoms with E-state index in [1.807, 2.05) is 0 Å². The molecular formula is C26H30N6O7. The highest BCUT2D eigenvalue weighted by Crippen LogP contribution is 2.12. The van der Waals surface area contributed by atoms with Gasteiger partial charge in [0.2, 0.25) is 17.7 Å². The third-order valence-electron chi connectivity index (χ3n) is 5.77. The van der Waals surface area contributed by atoms with Crippen LogP contribution < -0.4 is 21.7 Å². The lowest BCUT2D eigenvalue weighted by molar-refractivity contribution is -0.142. The van der Waals surface area contributed by atoms with E-state index in [4.69, 9.17) is 5.73 Å². The highest BCUT2D eigenvalue weighted by Gasteiger charge is 2.28. The summed E-state index contributed by atoms with van der Waals surface area (Å²) in [5.74, 6) is -3.21. The normalized spacial score (nSPS) is 13.1. The monoisotopic (exact) mass is 538 g/mol. The van der Waals surface area contributed by atoms with E-state index in [0.717, 1.165) is 5.56 Å². The SMILES string of the molecule is NC(Cc1ccc(O)cc1)C(=O)NCC(=O)NC(Cc1cnc[nH]1)C(=O)NC(Cc1ccc(O)cc1)C(=O)O. The van der Waals surface area contributed by atoms with Gasteiger partial charge in [0.05, 0.1) is 18.9 Å². The molecule has 0 bridgehead atoms. The molecule has 0 saturated heterocycles. The minimum atomic E-state index is -1.30. The zero-order valence-electron chi connectivity index (χ0n) is 20.8. The molecule has 0 aliphatic heterocycles. The summed E-state index contributed by atoms with van der Waals surface area (Å²) < 4.78 is 0. The molecule has 1 aromatic heterocycles. The molecule has 206 valence electrons. The lowest BCUT2D eigenvalue weighted by Crippen LogP contribution is -2.55. The van der Waals surface area contributed by atoms with Gasteiger partial charge in [-0.05, 0) is 41.8 Å². The predicted octanol–water partition coefficient (Wildman–Crippen LogP) is -0.653. The fourth-order valence-corrected chi connectivity index (χ4v) is 3.69. The van der Waals surface area contributed by atoms with Gasteiger partial charge < -0.3 is 42.0 Å². The number of nitrogens with two attached hydrogens (primary N) is 1. The van der Waals surface area contributed by atoms with Gasteiger partial charge in [0.1, 0.15) is 23.6 Å². The Kier molecular flexibility index (Phi) is 9.98. The molecule has 2 aromatic carbocycles. The van der Waals surface area contributed by atoms with Gasteiger partial charge in [0.25, 0.3) is 0 Å².